The Kier molecular flexibility index (Phi) is 5.33. The third-order valence-electron chi connectivity index (χ3n) is 7.68. The van der Waals surface area contributed by atoms with Gasteiger partial charge in [0.25, 0.3) is 0 Å². The molecule has 0 unspecified atom stereocenters. The van der Waals surface area contributed by atoms with Crippen LogP contribution in [0.2, 0.25) is 0 Å². The maximum Gasteiger partial charge on any atom is 0.236 e. The standard InChI is InChI=1S/C24H33N3O2/c28-23-10-6-9-21-19-14-20(22(27(21)23)13-18-7-2-1-3-8-18)16-25(15-19)17-24(29)26-11-4-5-12-26/h1-3,7-8,19-22H,4-6,9-17H2/t19-,20+,21+,22+/m1/s1. The Bertz CT molecular complexity index is 746. The maximum atomic E-state index is 12.9. The summed E-state index contributed by atoms with van der Waals surface area (Å²) in [5, 5.41) is 0. The van der Waals surface area contributed by atoms with Gasteiger partial charge in [-0.05, 0) is 55.9 Å². The van der Waals surface area contributed by atoms with Crippen molar-refractivity contribution < 1.29 is 9.59 Å². The Hall–Kier alpha value is -1.88. The van der Waals surface area contributed by atoms with Crippen molar-refractivity contribution in [1.29, 1.82) is 0 Å². The SMILES string of the molecule is O=C(CN1C[C@H]2C[C@@H](C1)[C@H](Cc1ccccc1)N1C(=O)CCC[C@@H]21)N1CCCC1. The van der Waals surface area contributed by atoms with Gasteiger partial charge in [0.2, 0.25) is 11.8 Å². The Morgan fingerprint density at radius 2 is 1.76 bits per heavy atom. The van der Waals surface area contributed by atoms with Crippen molar-refractivity contribution in [1.82, 2.24) is 14.7 Å². The van der Waals surface area contributed by atoms with E-state index in [1.165, 1.54) is 12.0 Å². The van der Waals surface area contributed by atoms with E-state index < -0.39 is 0 Å². The molecule has 1 aromatic carbocycles. The topological polar surface area (TPSA) is 43.9 Å². The van der Waals surface area contributed by atoms with Gasteiger partial charge in [-0.3, -0.25) is 14.5 Å². The summed E-state index contributed by atoms with van der Waals surface area (Å²) in [5.74, 6) is 1.66. The predicted molar refractivity (Wildman–Crippen MR) is 112 cm³/mol. The molecule has 2 bridgehead atoms. The summed E-state index contributed by atoms with van der Waals surface area (Å²) in [6.45, 7) is 4.35. The average molecular weight is 396 g/mol. The summed E-state index contributed by atoms with van der Waals surface area (Å²) in [6.07, 6.45) is 7.30. The van der Waals surface area contributed by atoms with Crippen LogP contribution in [-0.4, -0.2) is 71.3 Å². The van der Waals surface area contributed by atoms with Crippen LogP contribution < -0.4 is 0 Å². The number of rotatable bonds is 4. The van der Waals surface area contributed by atoms with Gasteiger partial charge in [-0.1, -0.05) is 30.3 Å². The fourth-order valence-corrected chi connectivity index (χ4v) is 6.38. The molecule has 0 spiro atoms. The lowest BCUT2D eigenvalue weighted by atomic mass is 9.71. The van der Waals surface area contributed by atoms with Gasteiger partial charge in [0.1, 0.15) is 0 Å². The first-order valence-corrected chi connectivity index (χ1v) is 11.5. The van der Waals surface area contributed by atoms with Gasteiger partial charge in [0.05, 0.1) is 6.54 Å². The van der Waals surface area contributed by atoms with Gasteiger partial charge < -0.3 is 9.80 Å². The molecule has 2 amide bonds. The first-order valence-electron chi connectivity index (χ1n) is 11.5. The molecule has 0 saturated carbocycles. The van der Waals surface area contributed by atoms with Crippen LogP contribution in [0.5, 0.6) is 0 Å². The predicted octanol–water partition coefficient (Wildman–Crippen LogP) is 2.55. The lowest BCUT2D eigenvalue weighted by Gasteiger charge is -2.56. The Labute approximate surface area is 174 Å². The molecular formula is C24H33N3O2. The highest BCUT2D eigenvalue weighted by atomic mass is 16.2. The van der Waals surface area contributed by atoms with Crippen molar-refractivity contribution in [2.75, 3.05) is 32.7 Å². The fourth-order valence-electron chi connectivity index (χ4n) is 6.38. The summed E-state index contributed by atoms with van der Waals surface area (Å²) in [7, 11) is 0. The molecule has 156 valence electrons. The molecule has 5 nitrogen and oxygen atoms in total. The Morgan fingerprint density at radius 1 is 1.00 bits per heavy atom. The smallest absolute Gasteiger partial charge is 0.236 e. The van der Waals surface area contributed by atoms with Crippen LogP contribution in [0.1, 0.15) is 44.1 Å². The van der Waals surface area contributed by atoms with Crippen LogP contribution in [0.15, 0.2) is 30.3 Å². The zero-order chi connectivity index (χ0) is 19.8. The molecule has 4 aliphatic heterocycles. The van der Waals surface area contributed by atoms with E-state index in [0.717, 1.165) is 58.3 Å². The molecule has 5 heteroatoms. The van der Waals surface area contributed by atoms with E-state index in [1.54, 1.807) is 0 Å². The van der Waals surface area contributed by atoms with Gasteiger partial charge in [0.15, 0.2) is 0 Å². The van der Waals surface area contributed by atoms with Crippen LogP contribution >= 0.6 is 0 Å². The third-order valence-corrected chi connectivity index (χ3v) is 7.68. The van der Waals surface area contributed by atoms with Crippen molar-refractivity contribution in [2.24, 2.45) is 11.8 Å². The zero-order valence-electron chi connectivity index (χ0n) is 17.3. The first kappa shape index (κ1) is 19.1. The van der Waals surface area contributed by atoms with Gasteiger partial charge >= 0.3 is 0 Å². The summed E-state index contributed by atoms with van der Waals surface area (Å²) < 4.78 is 0. The largest absolute Gasteiger partial charge is 0.342 e. The Morgan fingerprint density at radius 3 is 2.55 bits per heavy atom. The second-order valence-electron chi connectivity index (χ2n) is 9.56. The highest BCUT2D eigenvalue weighted by molar-refractivity contribution is 5.79. The minimum atomic E-state index is 0.274. The second-order valence-corrected chi connectivity index (χ2v) is 9.56. The molecule has 0 radical (unpaired) electrons. The quantitative estimate of drug-likeness (QED) is 0.787. The lowest BCUT2D eigenvalue weighted by Crippen LogP contribution is -2.66. The maximum absolute atomic E-state index is 12.9. The fraction of sp³-hybridized carbons (Fsp3) is 0.667. The molecule has 0 N–H and O–H groups in total. The molecule has 4 saturated heterocycles. The molecule has 0 aromatic heterocycles. The van der Waals surface area contributed by atoms with Gasteiger partial charge in [-0.15, -0.1) is 0 Å². The lowest BCUT2D eigenvalue weighted by molar-refractivity contribution is -0.154. The molecular weight excluding hydrogens is 362 g/mol. The monoisotopic (exact) mass is 395 g/mol. The zero-order valence-corrected chi connectivity index (χ0v) is 17.3. The number of piperidine rings is 3. The molecule has 4 aliphatic rings. The third kappa shape index (κ3) is 3.81. The van der Waals surface area contributed by atoms with E-state index in [0.29, 0.717) is 42.7 Å². The van der Waals surface area contributed by atoms with Crippen LogP contribution in [0.3, 0.4) is 0 Å². The number of carbonyl (C=O) groups is 2. The number of hydrogen-bond donors (Lipinski definition) is 0. The van der Waals surface area contributed by atoms with Gasteiger partial charge in [-0.25, -0.2) is 0 Å². The minimum Gasteiger partial charge on any atom is -0.342 e. The van der Waals surface area contributed by atoms with Crippen molar-refractivity contribution in [3.05, 3.63) is 35.9 Å². The molecule has 4 atom stereocenters. The number of amides is 2. The van der Waals surface area contributed by atoms with Crippen molar-refractivity contribution >= 4 is 11.8 Å². The highest BCUT2D eigenvalue weighted by Crippen LogP contribution is 2.42. The van der Waals surface area contributed by atoms with Crippen LogP contribution in [-0.2, 0) is 16.0 Å². The van der Waals surface area contributed by atoms with E-state index in [2.05, 4.69) is 40.1 Å². The van der Waals surface area contributed by atoms with E-state index in [1.807, 2.05) is 4.90 Å². The van der Waals surface area contributed by atoms with Crippen molar-refractivity contribution in [2.45, 2.75) is 57.0 Å². The summed E-state index contributed by atoms with van der Waals surface area (Å²) in [5.41, 5.74) is 1.32. The van der Waals surface area contributed by atoms with Gasteiger partial charge in [0, 0.05) is 44.7 Å². The molecule has 1 aromatic rings. The highest BCUT2D eigenvalue weighted by Gasteiger charge is 2.49. The normalized spacial score (nSPS) is 32.3. The summed E-state index contributed by atoms with van der Waals surface area (Å²) in [6, 6.07) is 11.3. The van der Waals surface area contributed by atoms with E-state index in [-0.39, 0.29) is 6.04 Å². The summed E-state index contributed by atoms with van der Waals surface area (Å²) >= 11 is 0. The number of likely N-dealkylation sites (tertiary alicyclic amines) is 2. The van der Waals surface area contributed by atoms with E-state index in [9.17, 15) is 9.59 Å². The first-order chi connectivity index (χ1) is 14.2. The van der Waals surface area contributed by atoms with E-state index in [4.69, 9.17) is 0 Å². The van der Waals surface area contributed by atoms with Crippen LogP contribution in [0, 0.1) is 11.8 Å². The number of carbonyl (C=O) groups excluding carboxylic acids is 2. The van der Waals surface area contributed by atoms with Crippen molar-refractivity contribution in [3.8, 4) is 0 Å². The number of benzene rings is 1. The van der Waals surface area contributed by atoms with Crippen LogP contribution in [0.4, 0.5) is 0 Å². The van der Waals surface area contributed by atoms with Gasteiger partial charge in [-0.2, -0.15) is 0 Å². The second kappa shape index (κ2) is 8.10. The Balaban J connectivity index is 1.35. The molecule has 5 rings (SSSR count). The number of nitrogens with zero attached hydrogens (tertiary/aromatic N) is 3. The minimum absolute atomic E-state index is 0.274. The average Bonchev–Trinajstić information content (AvgIpc) is 3.27. The molecule has 4 fully saturated rings. The molecule has 4 heterocycles. The molecule has 29 heavy (non-hydrogen) atoms. The molecule has 0 aliphatic carbocycles. The summed E-state index contributed by atoms with van der Waals surface area (Å²) in [4.78, 5) is 32.4. The van der Waals surface area contributed by atoms with Crippen molar-refractivity contribution in [3.63, 3.8) is 0 Å². The number of hydrogen-bond acceptors (Lipinski definition) is 3. The number of fused-ring (bicyclic) bond motifs is 4. The van der Waals surface area contributed by atoms with E-state index >= 15 is 0 Å². The van der Waals surface area contributed by atoms with Crippen LogP contribution in [0.25, 0.3) is 0 Å².